The van der Waals surface area contributed by atoms with Crippen LogP contribution in [-0.4, -0.2) is 22.2 Å². The first kappa shape index (κ1) is 20.0. The van der Waals surface area contributed by atoms with Crippen LogP contribution >= 0.6 is 15.9 Å². The molecule has 140 valence electrons. The third kappa shape index (κ3) is 5.32. The molecule has 0 radical (unpaired) electrons. The zero-order valence-electron chi connectivity index (χ0n) is 15.0. The Labute approximate surface area is 159 Å². The molecule has 0 bridgehead atoms. The van der Waals surface area contributed by atoms with Crippen LogP contribution < -0.4 is 10.6 Å². The average molecular weight is 426 g/mol. The summed E-state index contributed by atoms with van der Waals surface area (Å²) >= 11 is 3.34. The molecule has 1 heterocycles. The van der Waals surface area contributed by atoms with Crippen LogP contribution in [0.3, 0.4) is 0 Å². The van der Waals surface area contributed by atoms with Crippen molar-refractivity contribution in [2.75, 3.05) is 10.6 Å². The number of hydrogen-bond acceptors (Lipinski definition) is 3. The number of anilines is 2. The van der Waals surface area contributed by atoms with Crippen LogP contribution in [-0.2, 0) is 11.3 Å². The minimum atomic E-state index is -0.774. The van der Waals surface area contributed by atoms with Crippen molar-refractivity contribution in [2.24, 2.45) is 0 Å². The molecule has 2 rings (SSSR count). The lowest BCUT2D eigenvalue weighted by Crippen LogP contribution is -2.27. The predicted octanol–water partition coefficient (Wildman–Crippen LogP) is 5.01. The van der Waals surface area contributed by atoms with E-state index >= 15 is 0 Å². The van der Waals surface area contributed by atoms with Gasteiger partial charge in [-0.15, -0.1) is 0 Å². The molecule has 0 aliphatic heterocycles. The number of ether oxygens (including phenoxy) is 1. The number of rotatable bonds is 4. The van der Waals surface area contributed by atoms with E-state index in [1.807, 2.05) is 6.92 Å². The third-order valence-corrected chi connectivity index (χ3v) is 3.73. The van der Waals surface area contributed by atoms with E-state index < -0.39 is 17.5 Å². The Kier molecular flexibility index (Phi) is 6.07. The van der Waals surface area contributed by atoms with E-state index in [1.165, 1.54) is 12.1 Å². The molecule has 1 aromatic heterocycles. The number of aromatic nitrogens is 1. The van der Waals surface area contributed by atoms with Gasteiger partial charge in [0.05, 0.1) is 5.69 Å². The summed E-state index contributed by atoms with van der Waals surface area (Å²) in [5.74, 6) is -0.971. The molecular formula is C18H21BrFN3O3. The van der Waals surface area contributed by atoms with Crippen LogP contribution in [0.25, 0.3) is 0 Å². The fourth-order valence-electron chi connectivity index (χ4n) is 2.23. The predicted molar refractivity (Wildman–Crippen MR) is 102 cm³/mol. The summed E-state index contributed by atoms with van der Waals surface area (Å²) in [6.45, 7) is 7.68. The topological polar surface area (TPSA) is 72.4 Å². The summed E-state index contributed by atoms with van der Waals surface area (Å²) < 4.78 is 21.6. The fraction of sp³-hybridized carbons (Fsp3) is 0.333. The van der Waals surface area contributed by atoms with Crippen molar-refractivity contribution in [2.45, 2.75) is 39.8 Å². The maximum Gasteiger partial charge on any atom is 0.412 e. The standard InChI is InChI=1S/C18H21BrFN3O3/c1-5-23-10-11(19)8-15(23)16(24)21-12-6-7-13(20)14(9-12)22-17(25)26-18(2,3)4/h6-10H,5H2,1-4H3,(H,21,24)(H,22,25). The molecule has 0 saturated carbocycles. The number of hydrogen-bond donors (Lipinski definition) is 2. The summed E-state index contributed by atoms with van der Waals surface area (Å²) in [7, 11) is 0. The smallest absolute Gasteiger partial charge is 0.412 e. The molecule has 0 spiro atoms. The van der Waals surface area contributed by atoms with Crippen LogP contribution in [0.1, 0.15) is 38.2 Å². The highest BCUT2D eigenvalue weighted by Gasteiger charge is 2.18. The lowest BCUT2D eigenvalue weighted by Gasteiger charge is -2.20. The van der Waals surface area contributed by atoms with E-state index in [1.54, 1.807) is 37.6 Å². The van der Waals surface area contributed by atoms with Gasteiger partial charge in [0.15, 0.2) is 0 Å². The number of nitrogens with zero attached hydrogens (tertiary/aromatic N) is 1. The second-order valence-corrected chi connectivity index (χ2v) is 7.52. The van der Waals surface area contributed by atoms with Crippen molar-refractivity contribution in [3.63, 3.8) is 0 Å². The number of halogens is 2. The molecule has 2 aromatic rings. The molecule has 2 N–H and O–H groups in total. The highest BCUT2D eigenvalue weighted by atomic mass is 79.9. The molecule has 2 amide bonds. The van der Waals surface area contributed by atoms with Gasteiger partial charge in [0.2, 0.25) is 0 Å². The Morgan fingerprint density at radius 3 is 2.54 bits per heavy atom. The van der Waals surface area contributed by atoms with Gasteiger partial charge in [0.25, 0.3) is 5.91 Å². The summed E-state index contributed by atoms with van der Waals surface area (Å²) in [5.41, 5.74) is 0.0302. The Balaban J connectivity index is 2.16. The van der Waals surface area contributed by atoms with E-state index in [4.69, 9.17) is 4.74 Å². The van der Waals surface area contributed by atoms with Gasteiger partial charge in [0.1, 0.15) is 17.1 Å². The van der Waals surface area contributed by atoms with Crippen molar-refractivity contribution >= 4 is 39.3 Å². The summed E-state index contributed by atoms with van der Waals surface area (Å²) in [6.07, 6.45) is 1.03. The molecule has 8 heteroatoms. The first-order valence-corrected chi connectivity index (χ1v) is 8.85. The maximum atomic E-state index is 14.0. The number of aryl methyl sites for hydroxylation is 1. The van der Waals surface area contributed by atoms with Gasteiger partial charge in [-0.1, -0.05) is 0 Å². The molecule has 26 heavy (non-hydrogen) atoms. The lowest BCUT2D eigenvalue weighted by atomic mass is 10.2. The van der Waals surface area contributed by atoms with Crippen LogP contribution in [0.15, 0.2) is 34.9 Å². The van der Waals surface area contributed by atoms with Crippen molar-refractivity contribution in [3.05, 3.63) is 46.4 Å². The Bertz CT molecular complexity index is 828. The van der Waals surface area contributed by atoms with Gasteiger partial charge < -0.3 is 14.6 Å². The van der Waals surface area contributed by atoms with Gasteiger partial charge >= 0.3 is 6.09 Å². The SMILES string of the molecule is CCn1cc(Br)cc1C(=O)Nc1ccc(F)c(NC(=O)OC(C)(C)C)c1. The molecule has 1 aromatic carbocycles. The van der Waals surface area contributed by atoms with Crippen molar-refractivity contribution in [3.8, 4) is 0 Å². The van der Waals surface area contributed by atoms with E-state index in [-0.39, 0.29) is 11.6 Å². The molecule has 6 nitrogen and oxygen atoms in total. The first-order valence-electron chi connectivity index (χ1n) is 8.05. The number of carbonyl (C=O) groups is 2. The number of benzene rings is 1. The molecule has 0 unspecified atom stereocenters. The molecule has 0 aliphatic rings. The van der Waals surface area contributed by atoms with Crippen molar-refractivity contribution in [1.29, 1.82) is 0 Å². The second-order valence-electron chi connectivity index (χ2n) is 6.61. The van der Waals surface area contributed by atoms with Crippen molar-refractivity contribution < 1.29 is 18.7 Å². The third-order valence-electron chi connectivity index (χ3n) is 3.30. The fourth-order valence-corrected chi connectivity index (χ4v) is 2.70. The van der Waals surface area contributed by atoms with Crippen LogP contribution in [0.5, 0.6) is 0 Å². The van der Waals surface area contributed by atoms with Gasteiger partial charge in [0, 0.05) is 22.9 Å². The van der Waals surface area contributed by atoms with Gasteiger partial charge in [-0.3, -0.25) is 10.1 Å². The Morgan fingerprint density at radius 1 is 1.23 bits per heavy atom. The van der Waals surface area contributed by atoms with Crippen molar-refractivity contribution in [1.82, 2.24) is 4.57 Å². The molecule has 0 aliphatic carbocycles. The summed E-state index contributed by atoms with van der Waals surface area (Å²) in [4.78, 5) is 24.3. The largest absolute Gasteiger partial charge is 0.444 e. The zero-order chi connectivity index (χ0) is 19.5. The van der Waals surface area contributed by atoms with E-state index in [0.717, 1.165) is 10.5 Å². The monoisotopic (exact) mass is 425 g/mol. The molecule has 0 atom stereocenters. The highest BCUT2D eigenvalue weighted by molar-refractivity contribution is 9.10. The van der Waals surface area contributed by atoms with E-state index in [2.05, 4.69) is 26.6 Å². The Morgan fingerprint density at radius 2 is 1.92 bits per heavy atom. The zero-order valence-corrected chi connectivity index (χ0v) is 16.6. The summed E-state index contributed by atoms with van der Waals surface area (Å²) in [5, 5.41) is 5.04. The maximum absolute atomic E-state index is 14.0. The van der Waals surface area contributed by atoms with Gasteiger partial charge in [-0.25, -0.2) is 9.18 Å². The van der Waals surface area contributed by atoms with Gasteiger partial charge in [-0.2, -0.15) is 0 Å². The van der Waals surface area contributed by atoms with Crippen LogP contribution in [0.2, 0.25) is 0 Å². The number of amides is 2. The summed E-state index contributed by atoms with van der Waals surface area (Å²) in [6, 6.07) is 5.62. The quantitative estimate of drug-likeness (QED) is 0.722. The van der Waals surface area contributed by atoms with E-state index in [0.29, 0.717) is 17.9 Å². The van der Waals surface area contributed by atoms with Crippen LogP contribution in [0, 0.1) is 5.82 Å². The minimum Gasteiger partial charge on any atom is -0.444 e. The number of nitrogens with one attached hydrogen (secondary N) is 2. The molecular weight excluding hydrogens is 405 g/mol. The first-order chi connectivity index (χ1) is 12.1. The van der Waals surface area contributed by atoms with Crippen LogP contribution in [0.4, 0.5) is 20.6 Å². The molecule has 0 saturated heterocycles. The minimum absolute atomic E-state index is 0.0795. The lowest BCUT2D eigenvalue weighted by molar-refractivity contribution is 0.0635. The highest BCUT2D eigenvalue weighted by Crippen LogP contribution is 2.22. The van der Waals surface area contributed by atoms with E-state index in [9.17, 15) is 14.0 Å². The van der Waals surface area contributed by atoms with Gasteiger partial charge in [-0.05, 0) is 67.9 Å². The second kappa shape index (κ2) is 7.90. The average Bonchev–Trinajstić information content (AvgIpc) is 2.90. The number of carbonyl (C=O) groups excluding carboxylic acids is 2. The molecule has 0 fully saturated rings. The normalized spacial score (nSPS) is 11.2. The Hall–Kier alpha value is -2.35.